The number of nitrogen functional groups attached to an aromatic ring is 1. The summed E-state index contributed by atoms with van der Waals surface area (Å²) in [5.74, 6) is 0.169. The van der Waals surface area contributed by atoms with Crippen LogP contribution in [0.4, 0.5) is 10.1 Å². The Morgan fingerprint density at radius 1 is 1.39 bits per heavy atom. The van der Waals surface area contributed by atoms with E-state index in [0.717, 1.165) is 23.2 Å². The van der Waals surface area contributed by atoms with Crippen molar-refractivity contribution in [1.29, 1.82) is 0 Å². The molecule has 1 aromatic heterocycles. The van der Waals surface area contributed by atoms with Gasteiger partial charge in [-0.2, -0.15) is 5.10 Å². The highest BCUT2D eigenvalue weighted by molar-refractivity contribution is 5.70. The van der Waals surface area contributed by atoms with Gasteiger partial charge in [0.05, 0.1) is 11.9 Å². The van der Waals surface area contributed by atoms with Crippen LogP contribution in [0.2, 0.25) is 0 Å². The quantitative estimate of drug-likeness (QED) is 0.846. The SMILES string of the molecule is Cc1cc(F)c(N)cc1-c1cnn(CC(C)C)c1. The number of nitrogens with two attached hydrogens (primary N) is 1. The van der Waals surface area contributed by atoms with E-state index >= 15 is 0 Å². The molecule has 1 heterocycles. The van der Waals surface area contributed by atoms with E-state index in [1.54, 1.807) is 12.3 Å². The number of rotatable bonds is 3. The van der Waals surface area contributed by atoms with Gasteiger partial charge < -0.3 is 5.73 Å². The third kappa shape index (κ3) is 2.53. The third-order valence-corrected chi connectivity index (χ3v) is 2.84. The normalized spacial score (nSPS) is 11.2. The van der Waals surface area contributed by atoms with Crippen LogP contribution in [-0.2, 0) is 6.54 Å². The van der Waals surface area contributed by atoms with Gasteiger partial charge in [-0.15, -0.1) is 0 Å². The maximum atomic E-state index is 13.3. The molecule has 0 amide bonds. The van der Waals surface area contributed by atoms with Crippen molar-refractivity contribution in [3.05, 3.63) is 35.9 Å². The number of aryl methyl sites for hydroxylation is 1. The lowest BCUT2D eigenvalue weighted by Gasteiger charge is -2.06. The average Bonchev–Trinajstić information content (AvgIpc) is 2.70. The van der Waals surface area contributed by atoms with Gasteiger partial charge in [-0.3, -0.25) is 4.68 Å². The molecule has 0 aliphatic rings. The van der Waals surface area contributed by atoms with E-state index in [1.165, 1.54) is 6.07 Å². The first-order valence-electron chi connectivity index (χ1n) is 6.06. The Hall–Kier alpha value is -1.84. The van der Waals surface area contributed by atoms with Gasteiger partial charge in [-0.05, 0) is 36.1 Å². The van der Waals surface area contributed by atoms with Crippen LogP contribution in [0.5, 0.6) is 0 Å². The van der Waals surface area contributed by atoms with E-state index in [4.69, 9.17) is 5.73 Å². The molecule has 0 fully saturated rings. The lowest BCUT2D eigenvalue weighted by molar-refractivity contribution is 0.483. The van der Waals surface area contributed by atoms with Crippen LogP contribution in [-0.4, -0.2) is 9.78 Å². The van der Waals surface area contributed by atoms with Crippen LogP contribution in [0.15, 0.2) is 24.5 Å². The van der Waals surface area contributed by atoms with Gasteiger partial charge in [-0.25, -0.2) is 4.39 Å². The second kappa shape index (κ2) is 4.80. The van der Waals surface area contributed by atoms with Gasteiger partial charge in [0.2, 0.25) is 0 Å². The smallest absolute Gasteiger partial charge is 0.146 e. The molecule has 0 aliphatic heterocycles. The number of anilines is 1. The fourth-order valence-corrected chi connectivity index (χ4v) is 1.98. The van der Waals surface area contributed by atoms with Crippen molar-refractivity contribution in [2.45, 2.75) is 27.3 Å². The number of nitrogens with zero attached hydrogens (tertiary/aromatic N) is 2. The highest BCUT2D eigenvalue weighted by atomic mass is 19.1. The average molecular weight is 247 g/mol. The fraction of sp³-hybridized carbons (Fsp3) is 0.357. The molecule has 2 rings (SSSR count). The molecule has 2 aromatic rings. The largest absolute Gasteiger partial charge is 0.396 e. The molecule has 0 saturated heterocycles. The van der Waals surface area contributed by atoms with Gasteiger partial charge >= 0.3 is 0 Å². The molecule has 0 saturated carbocycles. The Balaban J connectivity index is 2.37. The molecule has 0 bridgehead atoms. The first-order chi connectivity index (χ1) is 8.47. The maximum Gasteiger partial charge on any atom is 0.146 e. The van der Waals surface area contributed by atoms with Crippen molar-refractivity contribution in [3.63, 3.8) is 0 Å². The Kier molecular flexibility index (Phi) is 3.36. The first kappa shape index (κ1) is 12.6. The Bertz CT molecular complexity index is 558. The minimum Gasteiger partial charge on any atom is -0.396 e. The Labute approximate surface area is 106 Å². The van der Waals surface area contributed by atoms with E-state index in [-0.39, 0.29) is 11.5 Å². The molecule has 0 atom stereocenters. The minimum atomic E-state index is -0.370. The lowest BCUT2D eigenvalue weighted by atomic mass is 10.0. The monoisotopic (exact) mass is 247 g/mol. The number of halogens is 1. The second-order valence-corrected chi connectivity index (χ2v) is 5.03. The fourth-order valence-electron chi connectivity index (χ4n) is 1.98. The Morgan fingerprint density at radius 3 is 2.78 bits per heavy atom. The summed E-state index contributed by atoms with van der Waals surface area (Å²) in [7, 11) is 0. The zero-order valence-electron chi connectivity index (χ0n) is 10.9. The van der Waals surface area contributed by atoms with Crippen LogP contribution < -0.4 is 5.73 Å². The minimum absolute atomic E-state index is 0.173. The van der Waals surface area contributed by atoms with Crippen LogP contribution in [0.1, 0.15) is 19.4 Å². The molecule has 0 spiro atoms. The summed E-state index contributed by atoms with van der Waals surface area (Å²) < 4.78 is 15.2. The van der Waals surface area contributed by atoms with Crippen LogP contribution in [0.25, 0.3) is 11.1 Å². The van der Waals surface area contributed by atoms with Crippen LogP contribution in [0, 0.1) is 18.7 Å². The lowest BCUT2D eigenvalue weighted by Crippen LogP contribution is -2.04. The molecular formula is C14H18FN3. The number of hydrogen-bond acceptors (Lipinski definition) is 2. The molecule has 3 nitrogen and oxygen atoms in total. The van der Waals surface area contributed by atoms with Crippen molar-refractivity contribution in [1.82, 2.24) is 9.78 Å². The van der Waals surface area contributed by atoms with Gasteiger partial charge in [-0.1, -0.05) is 13.8 Å². The predicted octanol–water partition coefficient (Wildman–Crippen LogP) is 3.24. The van der Waals surface area contributed by atoms with E-state index in [2.05, 4.69) is 18.9 Å². The molecule has 96 valence electrons. The zero-order valence-corrected chi connectivity index (χ0v) is 10.9. The summed E-state index contributed by atoms with van der Waals surface area (Å²) in [5.41, 5.74) is 8.56. The summed E-state index contributed by atoms with van der Waals surface area (Å²) in [5, 5.41) is 4.31. The standard InChI is InChI=1S/C14H18FN3/c1-9(2)7-18-8-11(6-17-18)12-5-14(16)13(15)4-10(12)3/h4-6,8-9H,7,16H2,1-3H3. The van der Waals surface area contributed by atoms with Crippen molar-refractivity contribution in [3.8, 4) is 11.1 Å². The first-order valence-corrected chi connectivity index (χ1v) is 6.06. The third-order valence-electron chi connectivity index (χ3n) is 2.84. The summed E-state index contributed by atoms with van der Waals surface area (Å²) >= 11 is 0. The van der Waals surface area contributed by atoms with Gasteiger partial charge in [0.25, 0.3) is 0 Å². The second-order valence-electron chi connectivity index (χ2n) is 5.03. The molecule has 0 unspecified atom stereocenters. The summed E-state index contributed by atoms with van der Waals surface area (Å²) in [6.45, 7) is 7.03. The van der Waals surface area contributed by atoms with Crippen molar-refractivity contribution in [2.24, 2.45) is 5.92 Å². The van der Waals surface area contributed by atoms with Gasteiger partial charge in [0.15, 0.2) is 0 Å². The topological polar surface area (TPSA) is 43.8 Å². The number of aromatic nitrogens is 2. The van der Waals surface area contributed by atoms with E-state index in [1.807, 2.05) is 17.8 Å². The van der Waals surface area contributed by atoms with Gasteiger partial charge in [0, 0.05) is 18.3 Å². The molecule has 0 aliphatic carbocycles. The molecule has 4 heteroatoms. The maximum absolute atomic E-state index is 13.3. The van der Waals surface area contributed by atoms with Crippen molar-refractivity contribution in [2.75, 3.05) is 5.73 Å². The summed E-state index contributed by atoms with van der Waals surface area (Å²) in [6.07, 6.45) is 3.77. The zero-order chi connectivity index (χ0) is 13.3. The van der Waals surface area contributed by atoms with Gasteiger partial charge in [0.1, 0.15) is 5.82 Å². The predicted molar refractivity (Wildman–Crippen MR) is 71.6 cm³/mol. The van der Waals surface area contributed by atoms with Crippen molar-refractivity contribution < 1.29 is 4.39 Å². The van der Waals surface area contributed by atoms with Crippen molar-refractivity contribution >= 4 is 5.69 Å². The number of hydrogen-bond donors (Lipinski definition) is 1. The highest BCUT2D eigenvalue weighted by Crippen LogP contribution is 2.27. The molecule has 2 N–H and O–H groups in total. The van der Waals surface area contributed by atoms with E-state index in [0.29, 0.717) is 5.92 Å². The van der Waals surface area contributed by atoms with E-state index < -0.39 is 0 Å². The molecule has 1 aromatic carbocycles. The summed E-state index contributed by atoms with van der Waals surface area (Å²) in [4.78, 5) is 0. The summed E-state index contributed by atoms with van der Waals surface area (Å²) in [6, 6.07) is 3.13. The van der Waals surface area contributed by atoms with Crippen LogP contribution >= 0.6 is 0 Å². The number of benzene rings is 1. The molecular weight excluding hydrogens is 229 g/mol. The highest BCUT2D eigenvalue weighted by Gasteiger charge is 2.09. The molecule has 0 radical (unpaired) electrons. The van der Waals surface area contributed by atoms with Crippen LogP contribution in [0.3, 0.4) is 0 Å². The van der Waals surface area contributed by atoms with E-state index in [9.17, 15) is 4.39 Å². The molecule has 18 heavy (non-hydrogen) atoms. The Morgan fingerprint density at radius 2 is 2.11 bits per heavy atom.